The van der Waals surface area contributed by atoms with Crippen LogP contribution < -0.4 is 11.2 Å². The molecule has 1 atom stereocenters. The molecule has 8 nitrogen and oxygen atoms in total. The number of aliphatic carboxylic acids is 1. The van der Waals surface area contributed by atoms with Crippen molar-refractivity contribution < 1.29 is 19.5 Å². The second kappa shape index (κ2) is 5.23. The largest absolute Gasteiger partial charge is 0.480 e. The molecule has 1 aliphatic heterocycles. The highest BCUT2D eigenvalue weighted by molar-refractivity contribution is 6.08. The highest BCUT2D eigenvalue weighted by Crippen LogP contribution is 2.28. The van der Waals surface area contributed by atoms with Crippen LogP contribution in [-0.4, -0.2) is 40.7 Å². The van der Waals surface area contributed by atoms with Crippen molar-refractivity contribution in [1.29, 1.82) is 0 Å². The molecule has 3 amide bonds. The second-order valence-electron chi connectivity index (χ2n) is 4.74. The van der Waals surface area contributed by atoms with Gasteiger partial charge in [-0.2, -0.15) is 5.10 Å². The SMILES string of the molecule is C[C@]1(c2ccc(C=NN)cc2)NC(=O)N(CC(=O)O)C1=O. The highest BCUT2D eigenvalue weighted by atomic mass is 16.4. The number of hydrogen-bond acceptors (Lipinski definition) is 5. The molecule has 0 radical (unpaired) electrons. The lowest BCUT2D eigenvalue weighted by Gasteiger charge is -2.22. The van der Waals surface area contributed by atoms with Crippen LogP contribution >= 0.6 is 0 Å². The summed E-state index contributed by atoms with van der Waals surface area (Å²) in [6, 6.07) is 5.96. The molecule has 4 N–H and O–H groups in total. The Morgan fingerprint density at radius 1 is 1.43 bits per heavy atom. The number of nitrogens with two attached hydrogens (primary N) is 1. The predicted octanol–water partition coefficient (Wildman–Crippen LogP) is -0.169. The molecule has 1 aromatic carbocycles. The summed E-state index contributed by atoms with van der Waals surface area (Å²) >= 11 is 0. The topological polar surface area (TPSA) is 125 Å². The molecule has 0 bridgehead atoms. The number of carbonyl (C=O) groups is 3. The second-order valence-corrected chi connectivity index (χ2v) is 4.74. The number of benzene rings is 1. The van der Waals surface area contributed by atoms with E-state index in [-0.39, 0.29) is 0 Å². The van der Waals surface area contributed by atoms with Crippen LogP contribution in [0.2, 0.25) is 0 Å². The van der Waals surface area contributed by atoms with E-state index in [1.54, 1.807) is 24.3 Å². The fourth-order valence-corrected chi connectivity index (χ4v) is 2.16. The van der Waals surface area contributed by atoms with Crippen LogP contribution in [0.1, 0.15) is 18.1 Å². The van der Waals surface area contributed by atoms with Gasteiger partial charge in [0.15, 0.2) is 0 Å². The Morgan fingerprint density at radius 2 is 2.05 bits per heavy atom. The summed E-state index contributed by atoms with van der Waals surface area (Å²) in [5, 5.41) is 14.7. The van der Waals surface area contributed by atoms with Crippen LogP contribution in [0.15, 0.2) is 29.4 Å². The molecule has 1 aliphatic rings. The number of urea groups is 1. The number of imide groups is 1. The minimum Gasteiger partial charge on any atom is -0.480 e. The van der Waals surface area contributed by atoms with E-state index < -0.39 is 30.0 Å². The van der Waals surface area contributed by atoms with Crippen LogP contribution in [0.3, 0.4) is 0 Å². The van der Waals surface area contributed by atoms with Gasteiger partial charge in [0.05, 0.1) is 6.21 Å². The van der Waals surface area contributed by atoms with Gasteiger partial charge < -0.3 is 16.3 Å². The molecule has 110 valence electrons. The number of hydrazone groups is 1. The molecule has 0 spiro atoms. The average molecular weight is 290 g/mol. The zero-order valence-corrected chi connectivity index (χ0v) is 11.2. The number of carboxylic acid groups (broad SMARTS) is 1. The first kappa shape index (κ1) is 14.5. The Morgan fingerprint density at radius 3 is 2.57 bits per heavy atom. The summed E-state index contributed by atoms with van der Waals surface area (Å²) in [6.07, 6.45) is 1.44. The molecule has 1 fully saturated rings. The molecule has 2 rings (SSSR count). The van der Waals surface area contributed by atoms with Crippen molar-refractivity contribution in [3.05, 3.63) is 35.4 Å². The van der Waals surface area contributed by atoms with E-state index in [9.17, 15) is 14.4 Å². The Labute approximate surface area is 120 Å². The van der Waals surface area contributed by atoms with Gasteiger partial charge in [-0.15, -0.1) is 0 Å². The quantitative estimate of drug-likeness (QED) is 0.307. The van der Waals surface area contributed by atoms with Gasteiger partial charge in [-0.25, -0.2) is 4.79 Å². The summed E-state index contributed by atoms with van der Waals surface area (Å²) in [6.45, 7) is 0.860. The fourth-order valence-electron chi connectivity index (χ4n) is 2.16. The Hall–Kier alpha value is -2.90. The molecule has 1 aromatic rings. The maximum Gasteiger partial charge on any atom is 0.325 e. The number of rotatable bonds is 4. The molecule has 8 heteroatoms. The Kier molecular flexibility index (Phi) is 3.62. The molecular formula is C13H14N4O4. The Bertz CT molecular complexity index is 626. The summed E-state index contributed by atoms with van der Waals surface area (Å²) in [5.41, 5.74) is -0.00260. The smallest absolute Gasteiger partial charge is 0.325 e. The number of amides is 3. The van der Waals surface area contributed by atoms with E-state index in [0.717, 1.165) is 5.56 Å². The van der Waals surface area contributed by atoms with Crippen molar-refractivity contribution in [1.82, 2.24) is 10.2 Å². The van der Waals surface area contributed by atoms with Gasteiger partial charge >= 0.3 is 12.0 Å². The average Bonchev–Trinajstić information content (AvgIpc) is 2.64. The number of carboxylic acids is 1. The van der Waals surface area contributed by atoms with E-state index >= 15 is 0 Å². The third kappa shape index (κ3) is 2.55. The van der Waals surface area contributed by atoms with E-state index in [0.29, 0.717) is 10.5 Å². The van der Waals surface area contributed by atoms with Crippen LogP contribution in [-0.2, 0) is 15.1 Å². The monoisotopic (exact) mass is 290 g/mol. The maximum absolute atomic E-state index is 12.3. The zero-order valence-electron chi connectivity index (χ0n) is 11.2. The number of nitrogens with zero attached hydrogens (tertiary/aromatic N) is 2. The van der Waals surface area contributed by atoms with Crippen molar-refractivity contribution >= 4 is 24.1 Å². The van der Waals surface area contributed by atoms with Crippen molar-refractivity contribution in [2.75, 3.05) is 6.54 Å². The van der Waals surface area contributed by atoms with E-state index in [1.807, 2.05) is 0 Å². The molecular weight excluding hydrogens is 276 g/mol. The first-order valence-electron chi connectivity index (χ1n) is 6.08. The minimum atomic E-state index is -1.29. The van der Waals surface area contributed by atoms with E-state index in [1.165, 1.54) is 13.1 Å². The molecule has 0 unspecified atom stereocenters. The van der Waals surface area contributed by atoms with Gasteiger partial charge in [0.1, 0.15) is 12.1 Å². The van der Waals surface area contributed by atoms with Gasteiger partial charge in [-0.3, -0.25) is 14.5 Å². The first-order chi connectivity index (χ1) is 9.88. The third-order valence-electron chi connectivity index (χ3n) is 3.28. The van der Waals surface area contributed by atoms with Gasteiger partial charge in [0.2, 0.25) is 0 Å². The third-order valence-corrected chi connectivity index (χ3v) is 3.28. The molecule has 1 heterocycles. The lowest BCUT2D eigenvalue weighted by atomic mass is 9.91. The molecule has 0 aliphatic carbocycles. The molecule has 1 saturated heterocycles. The lowest BCUT2D eigenvalue weighted by Crippen LogP contribution is -2.41. The summed E-state index contributed by atoms with van der Waals surface area (Å²) in [4.78, 5) is 35.5. The maximum atomic E-state index is 12.3. The van der Waals surface area contributed by atoms with Gasteiger partial charge in [-0.1, -0.05) is 24.3 Å². The number of nitrogens with one attached hydrogen (secondary N) is 1. The first-order valence-corrected chi connectivity index (χ1v) is 6.08. The van der Waals surface area contributed by atoms with Gasteiger partial charge in [0, 0.05) is 0 Å². The fraction of sp³-hybridized carbons (Fsp3) is 0.231. The number of carbonyl (C=O) groups excluding carboxylic acids is 2. The van der Waals surface area contributed by atoms with E-state index in [4.69, 9.17) is 10.9 Å². The highest BCUT2D eigenvalue weighted by Gasteiger charge is 2.49. The van der Waals surface area contributed by atoms with Gasteiger partial charge in [0.25, 0.3) is 5.91 Å². The number of hydrogen-bond donors (Lipinski definition) is 3. The minimum absolute atomic E-state index is 0.544. The van der Waals surface area contributed by atoms with Crippen molar-refractivity contribution in [2.24, 2.45) is 10.9 Å². The van der Waals surface area contributed by atoms with Crippen molar-refractivity contribution in [2.45, 2.75) is 12.5 Å². The summed E-state index contributed by atoms with van der Waals surface area (Å²) in [5.74, 6) is 3.19. The molecule has 21 heavy (non-hydrogen) atoms. The zero-order chi connectivity index (χ0) is 15.6. The normalized spacial score (nSPS) is 21.9. The van der Waals surface area contributed by atoms with Crippen LogP contribution in [0, 0.1) is 0 Å². The molecule has 0 aromatic heterocycles. The standard InChI is InChI=1S/C13H14N4O4/c1-13(9-4-2-8(3-5-9)6-15-14)11(20)17(7-10(18)19)12(21)16-13/h2-6H,7,14H2,1H3,(H,16,21)(H,18,19)/t13-/m1/s1. The van der Waals surface area contributed by atoms with E-state index in [2.05, 4.69) is 10.4 Å². The summed E-state index contributed by atoms with van der Waals surface area (Å²) < 4.78 is 0. The lowest BCUT2D eigenvalue weighted by molar-refractivity contribution is -0.142. The van der Waals surface area contributed by atoms with Crippen LogP contribution in [0.5, 0.6) is 0 Å². The van der Waals surface area contributed by atoms with Crippen molar-refractivity contribution in [3.63, 3.8) is 0 Å². The van der Waals surface area contributed by atoms with Crippen LogP contribution in [0.25, 0.3) is 0 Å². The summed E-state index contributed by atoms with van der Waals surface area (Å²) in [7, 11) is 0. The molecule has 0 saturated carbocycles. The predicted molar refractivity (Wildman–Crippen MR) is 73.5 cm³/mol. The van der Waals surface area contributed by atoms with Crippen molar-refractivity contribution in [3.8, 4) is 0 Å². The van der Waals surface area contributed by atoms with Gasteiger partial charge in [-0.05, 0) is 18.1 Å². The Balaban J connectivity index is 2.32. The van der Waals surface area contributed by atoms with Crippen LogP contribution in [0.4, 0.5) is 4.79 Å².